The van der Waals surface area contributed by atoms with Crippen LogP contribution in [0.4, 0.5) is 5.69 Å². The third-order valence-electron chi connectivity index (χ3n) is 3.71. The first kappa shape index (κ1) is 16.2. The minimum Gasteiger partial charge on any atom is -0.322 e. The number of anilines is 1. The molecule has 3 rings (SSSR count). The highest BCUT2D eigenvalue weighted by atomic mass is 16.1. The molecule has 0 aliphatic carbocycles. The van der Waals surface area contributed by atoms with Gasteiger partial charge in [0.15, 0.2) is 0 Å². The fourth-order valence-corrected chi connectivity index (χ4v) is 2.44. The molecule has 0 aromatic heterocycles. The minimum absolute atomic E-state index is 0.195. The Labute approximate surface area is 146 Å². The second-order valence-corrected chi connectivity index (χ2v) is 5.48. The number of benzene rings is 3. The van der Waals surface area contributed by atoms with E-state index in [0.29, 0.717) is 16.8 Å². The van der Waals surface area contributed by atoms with E-state index in [-0.39, 0.29) is 5.91 Å². The highest BCUT2D eigenvalue weighted by molar-refractivity contribution is 6.29. The molecule has 25 heavy (non-hydrogen) atoms. The SMILES string of the molecule is N#Cc1ccc(NC(=O)C(=Cc2ccccc2)c2ccccc2)cc1. The lowest BCUT2D eigenvalue weighted by atomic mass is 10.0. The first-order chi connectivity index (χ1) is 12.3. The van der Waals surface area contributed by atoms with Gasteiger partial charge in [-0.1, -0.05) is 60.7 Å². The lowest BCUT2D eigenvalue weighted by Crippen LogP contribution is -2.13. The third-order valence-corrected chi connectivity index (χ3v) is 3.71. The Hall–Kier alpha value is -3.64. The summed E-state index contributed by atoms with van der Waals surface area (Å²) in [4.78, 5) is 12.8. The normalized spacial score (nSPS) is 10.8. The summed E-state index contributed by atoms with van der Waals surface area (Å²) in [7, 11) is 0. The van der Waals surface area contributed by atoms with Crippen LogP contribution in [0, 0.1) is 11.3 Å². The molecule has 3 nitrogen and oxygen atoms in total. The average Bonchev–Trinajstić information content (AvgIpc) is 2.68. The molecule has 0 spiro atoms. The molecule has 0 unspecified atom stereocenters. The summed E-state index contributed by atoms with van der Waals surface area (Å²) in [5, 5.41) is 11.8. The fraction of sp³-hybridized carbons (Fsp3) is 0. The lowest BCUT2D eigenvalue weighted by molar-refractivity contribution is -0.111. The van der Waals surface area contributed by atoms with E-state index in [0.717, 1.165) is 11.1 Å². The van der Waals surface area contributed by atoms with Crippen LogP contribution in [-0.4, -0.2) is 5.91 Å². The van der Waals surface area contributed by atoms with Gasteiger partial charge in [0.2, 0.25) is 0 Å². The van der Waals surface area contributed by atoms with Gasteiger partial charge in [-0.2, -0.15) is 5.26 Å². The molecular weight excluding hydrogens is 308 g/mol. The number of nitrogens with zero attached hydrogens (tertiary/aromatic N) is 1. The minimum atomic E-state index is -0.195. The zero-order chi connectivity index (χ0) is 17.5. The van der Waals surface area contributed by atoms with Crippen LogP contribution in [0.2, 0.25) is 0 Å². The molecule has 0 heterocycles. The van der Waals surface area contributed by atoms with Gasteiger partial charge in [0.05, 0.1) is 11.6 Å². The topological polar surface area (TPSA) is 52.9 Å². The number of hydrogen-bond acceptors (Lipinski definition) is 2. The van der Waals surface area contributed by atoms with Crippen molar-refractivity contribution in [3.63, 3.8) is 0 Å². The second kappa shape index (κ2) is 7.76. The van der Waals surface area contributed by atoms with Crippen LogP contribution in [-0.2, 0) is 4.79 Å². The third kappa shape index (κ3) is 4.21. The Balaban J connectivity index is 1.92. The molecule has 0 saturated carbocycles. The number of carbonyl (C=O) groups is 1. The molecule has 0 aliphatic heterocycles. The maximum absolute atomic E-state index is 12.8. The summed E-state index contributed by atoms with van der Waals surface area (Å²) >= 11 is 0. The summed E-state index contributed by atoms with van der Waals surface area (Å²) < 4.78 is 0. The molecule has 0 bridgehead atoms. The largest absolute Gasteiger partial charge is 0.322 e. The monoisotopic (exact) mass is 324 g/mol. The smallest absolute Gasteiger partial charge is 0.256 e. The summed E-state index contributed by atoms with van der Waals surface area (Å²) in [6.45, 7) is 0. The number of nitrogens with one attached hydrogen (secondary N) is 1. The van der Waals surface area contributed by atoms with E-state index in [1.807, 2.05) is 66.7 Å². The van der Waals surface area contributed by atoms with E-state index in [2.05, 4.69) is 11.4 Å². The first-order valence-electron chi connectivity index (χ1n) is 7.90. The first-order valence-corrected chi connectivity index (χ1v) is 7.90. The lowest BCUT2D eigenvalue weighted by Gasteiger charge is -2.10. The van der Waals surface area contributed by atoms with E-state index in [9.17, 15) is 4.79 Å². The van der Waals surface area contributed by atoms with Crippen molar-refractivity contribution in [3.05, 3.63) is 102 Å². The van der Waals surface area contributed by atoms with Crippen molar-refractivity contribution in [1.82, 2.24) is 0 Å². The number of rotatable bonds is 4. The van der Waals surface area contributed by atoms with Crippen LogP contribution in [0.25, 0.3) is 11.6 Å². The highest BCUT2D eigenvalue weighted by Gasteiger charge is 2.12. The van der Waals surface area contributed by atoms with Gasteiger partial charge in [-0.15, -0.1) is 0 Å². The summed E-state index contributed by atoms with van der Waals surface area (Å²) in [5.41, 5.74) is 3.59. The van der Waals surface area contributed by atoms with Gasteiger partial charge in [0.1, 0.15) is 0 Å². The van der Waals surface area contributed by atoms with Crippen molar-refractivity contribution in [2.24, 2.45) is 0 Å². The fourth-order valence-electron chi connectivity index (χ4n) is 2.44. The van der Waals surface area contributed by atoms with Crippen LogP contribution in [0.3, 0.4) is 0 Å². The molecule has 0 atom stereocenters. The zero-order valence-electron chi connectivity index (χ0n) is 13.5. The molecule has 0 saturated heterocycles. The molecule has 0 aliphatic rings. The maximum Gasteiger partial charge on any atom is 0.256 e. The molecule has 0 fully saturated rings. The summed E-state index contributed by atoms with van der Waals surface area (Å²) in [5.74, 6) is -0.195. The number of nitriles is 1. The van der Waals surface area contributed by atoms with Gasteiger partial charge in [-0.3, -0.25) is 4.79 Å². The van der Waals surface area contributed by atoms with Crippen molar-refractivity contribution in [1.29, 1.82) is 5.26 Å². The molecule has 3 aromatic carbocycles. The zero-order valence-corrected chi connectivity index (χ0v) is 13.5. The van der Waals surface area contributed by atoms with Crippen molar-refractivity contribution in [3.8, 4) is 6.07 Å². The van der Waals surface area contributed by atoms with Crippen molar-refractivity contribution < 1.29 is 4.79 Å². The van der Waals surface area contributed by atoms with Crippen LogP contribution >= 0.6 is 0 Å². The van der Waals surface area contributed by atoms with Gasteiger partial charge in [-0.05, 0) is 41.5 Å². The van der Waals surface area contributed by atoms with E-state index in [1.54, 1.807) is 24.3 Å². The second-order valence-electron chi connectivity index (χ2n) is 5.48. The van der Waals surface area contributed by atoms with Gasteiger partial charge in [-0.25, -0.2) is 0 Å². The van der Waals surface area contributed by atoms with Crippen LogP contribution < -0.4 is 5.32 Å². The quantitative estimate of drug-likeness (QED) is 0.557. The highest BCUT2D eigenvalue weighted by Crippen LogP contribution is 2.21. The Kier molecular flexibility index (Phi) is 5.04. The molecule has 3 heteroatoms. The Morgan fingerprint density at radius 1 is 0.840 bits per heavy atom. The predicted octanol–water partition coefficient (Wildman–Crippen LogP) is 4.74. The van der Waals surface area contributed by atoms with E-state index < -0.39 is 0 Å². The van der Waals surface area contributed by atoms with Crippen molar-refractivity contribution >= 4 is 23.2 Å². The van der Waals surface area contributed by atoms with Crippen molar-refractivity contribution in [2.45, 2.75) is 0 Å². The average molecular weight is 324 g/mol. The van der Waals surface area contributed by atoms with E-state index >= 15 is 0 Å². The maximum atomic E-state index is 12.8. The summed E-state index contributed by atoms with van der Waals surface area (Å²) in [6.07, 6.45) is 1.87. The predicted molar refractivity (Wildman–Crippen MR) is 101 cm³/mol. The Morgan fingerprint density at radius 2 is 1.44 bits per heavy atom. The van der Waals surface area contributed by atoms with E-state index in [1.165, 1.54) is 0 Å². The van der Waals surface area contributed by atoms with Crippen LogP contribution in [0.1, 0.15) is 16.7 Å². The van der Waals surface area contributed by atoms with E-state index in [4.69, 9.17) is 5.26 Å². The Morgan fingerprint density at radius 3 is 2.04 bits per heavy atom. The number of hydrogen-bond donors (Lipinski definition) is 1. The molecule has 0 radical (unpaired) electrons. The number of carbonyl (C=O) groups excluding carboxylic acids is 1. The van der Waals surface area contributed by atoms with Crippen LogP contribution in [0.15, 0.2) is 84.9 Å². The van der Waals surface area contributed by atoms with Gasteiger partial charge >= 0.3 is 0 Å². The van der Waals surface area contributed by atoms with Crippen LogP contribution in [0.5, 0.6) is 0 Å². The van der Waals surface area contributed by atoms with Gasteiger partial charge in [0.25, 0.3) is 5.91 Å². The summed E-state index contributed by atoms with van der Waals surface area (Å²) in [6, 6.07) is 28.1. The molecular formula is C22H16N2O. The standard InChI is InChI=1S/C22H16N2O/c23-16-18-11-13-20(14-12-18)24-22(25)21(19-9-5-2-6-10-19)15-17-7-3-1-4-8-17/h1-15H,(H,24,25). The molecule has 1 N–H and O–H groups in total. The molecule has 1 amide bonds. The van der Waals surface area contributed by atoms with Crippen molar-refractivity contribution in [2.75, 3.05) is 5.32 Å². The molecule has 3 aromatic rings. The number of amides is 1. The van der Waals surface area contributed by atoms with Gasteiger partial charge < -0.3 is 5.32 Å². The van der Waals surface area contributed by atoms with Gasteiger partial charge in [0, 0.05) is 11.3 Å². The Bertz CT molecular complexity index is 921. The molecule has 120 valence electrons.